The van der Waals surface area contributed by atoms with Crippen molar-refractivity contribution < 1.29 is 9.21 Å². The average molecular weight is 380 g/mol. The number of carbonyl (C=O) groups is 1. The van der Waals surface area contributed by atoms with Crippen molar-refractivity contribution in [1.82, 2.24) is 14.9 Å². The molecule has 27 heavy (non-hydrogen) atoms. The van der Waals surface area contributed by atoms with Crippen LogP contribution in [-0.4, -0.2) is 15.5 Å². The van der Waals surface area contributed by atoms with Crippen LogP contribution >= 0.6 is 11.6 Å². The molecule has 0 radical (unpaired) electrons. The minimum atomic E-state index is -0.171. The molecule has 3 heterocycles. The summed E-state index contributed by atoms with van der Waals surface area (Å²) in [4.78, 5) is 16.9. The maximum atomic E-state index is 12.8. The molecule has 3 aromatic heterocycles. The molecule has 0 fully saturated rings. The average Bonchev–Trinajstić information content (AvgIpc) is 3.19. The van der Waals surface area contributed by atoms with Crippen molar-refractivity contribution in [3.63, 3.8) is 0 Å². The van der Waals surface area contributed by atoms with Crippen LogP contribution in [0.5, 0.6) is 0 Å². The fourth-order valence-corrected chi connectivity index (χ4v) is 3.29. The number of aryl methyl sites for hydroxylation is 1. The topological polar surface area (TPSA) is 60.1 Å². The largest absolute Gasteiger partial charge is 0.460 e. The molecular formula is C21H18ClN3O2. The monoisotopic (exact) mass is 379 g/mol. The number of benzene rings is 1. The number of hydrogen-bond donors (Lipinski definition) is 1. The summed E-state index contributed by atoms with van der Waals surface area (Å²) in [5, 5.41) is 3.61. The molecule has 0 saturated carbocycles. The Bertz CT molecular complexity index is 1100. The first-order valence-corrected chi connectivity index (χ1v) is 9.00. The first-order valence-electron chi connectivity index (χ1n) is 8.62. The second-order valence-corrected chi connectivity index (χ2v) is 6.76. The minimum Gasteiger partial charge on any atom is -0.460 e. The summed E-state index contributed by atoms with van der Waals surface area (Å²) in [7, 11) is 0. The number of nitrogens with one attached hydrogen (secondary N) is 1. The van der Waals surface area contributed by atoms with E-state index in [1.54, 1.807) is 18.5 Å². The zero-order valence-electron chi connectivity index (χ0n) is 14.8. The predicted molar refractivity (Wildman–Crippen MR) is 105 cm³/mol. The van der Waals surface area contributed by atoms with Crippen molar-refractivity contribution in [2.45, 2.75) is 20.0 Å². The Labute approximate surface area is 161 Å². The van der Waals surface area contributed by atoms with E-state index in [2.05, 4.69) is 10.3 Å². The van der Waals surface area contributed by atoms with Crippen molar-refractivity contribution in [3.05, 3.63) is 88.5 Å². The summed E-state index contributed by atoms with van der Waals surface area (Å²) in [6.45, 7) is 2.78. The highest BCUT2D eigenvalue weighted by Gasteiger charge is 2.19. The van der Waals surface area contributed by atoms with Crippen LogP contribution in [0.2, 0.25) is 5.02 Å². The molecule has 0 saturated heterocycles. The van der Waals surface area contributed by atoms with Crippen LogP contribution in [0.25, 0.3) is 11.1 Å². The van der Waals surface area contributed by atoms with E-state index in [0.29, 0.717) is 29.4 Å². The number of fused-ring (bicyclic) bond motifs is 1. The van der Waals surface area contributed by atoms with E-state index in [9.17, 15) is 4.79 Å². The molecule has 0 unspecified atom stereocenters. The molecule has 0 aliphatic rings. The van der Waals surface area contributed by atoms with E-state index in [0.717, 1.165) is 22.4 Å². The van der Waals surface area contributed by atoms with Gasteiger partial charge in [-0.2, -0.15) is 0 Å². The van der Waals surface area contributed by atoms with Gasteiger partial charge in [0.2, 0.25) is 0 Å². The molecule has 4 rings (SSSR count). The third-order valence-corrected chi connectivity index (χ3v) is 4.78. The van der Waals surface area contributed by atoms with Gasteiger partial charge in [-0.1, -0.05) is 35.9 Å². The zero-order valence-corrected chi connectivity index (χ0v) is 15.5. The maximum absolute atomic E-state index is 12.8. The highest BCUT2D eigenvalue weighted by molar-refractivity contribution is 6.31. The highest BCUT2D eigenvalue weighted by Crippen LogP contribution is 2.26. The first-order chi connectivity index (χ1) is 13.1. The molecule has 6 heteroatoms. The molecular weight excluding hydrogens is 362 g/mol. The molecule has 0 aliphatic heterocycles. The van der Waals surface area contributed by atoms with Crippen LogP contribution < -0.4 is 5.32 Å². The van der Waals surface area contributed by atoms with Gasteiger partial charge in [-0.05, 0) is 30.2 Å². The van der Waals surface area contributed by atoms with Crippen LogP contribution in [0, 0.1) is 6.92 Å². The molecule has 1 amide bonds. The van der Waals surface area contributed by atoms with Gasteiger partial charge in [-0.15, -0.1) is 0 Å². The van der Waals surface area contributed by atoms with Crippen molar-refractivity contribution in [2.24, 2.45) is 0 Å². The Morgan fingerprint density at radius 1 is 1.22 bits per heavy atom. The second kappa shape index (κ2) is 7.29. The van der Waals surface area contributed by atoms with Crippen LogP contribution in [0.4, 0.5) is 0 Å². The smallest absolute Gasteiger partial charge is 0.268 e. The Hall–Kier alpha value is -3.05. The number of hydrogen-bond acceptors (Lipinski definition) is 3. The second-order valence-electron chi connectivity index (χ2n) is 6.36. The fourth-order valence-electron chi connectivity index (χ4n) is 3.10. The Morgan fingerprint density at radius 3 is 2.85 bits per heavy atom. The molecule has 0 spiro atoms. The molecule has 0 aliphatic carbocycles. The van der Waals surface area contributed by atoms with Crippen molar-refractivity contribution in [2.75, 3.05) is 0 Å². The lowest BCUT2D eigenvalue weighted by Crippen LogP contribution is -2.25. The lowest BCUT2D eigenvalue weighted by molar-refractivity contribution is 0.0942. The zero-order chi connectivity index (χ0) is 18.8. The van der Waals surface area contributed by atoms with Gasteiger partial charge in [-0.3, -0.25) is 9.78 Å². The van der Waals surface area contributed by atoms with Crippen LogP contribution in [0.1, 0.15) is 27.4 Å². The number of carbonyl (C=O) groups excluding carboxylic acids is 1. The van der Waals surface area contributed by atoms with E-state index in [1.807, 2.05) is 54.0 Å². The van der Waals surface area contributed by atoms with Gasteiger partial charge in [0, 0.05) is 42.6 Å². The summed E-state index contributed by atoms with van der Waals surface area (Å²) < 4.78 is 7.66. The number of amides is 1. The molecule has 136 valence electrons. The Balaban J connectivity index is 1.66. The Morgan fingerprint density at radius 2 is 2.07 bits per heavy atom. The highest BCUT2D eigenvalue weighted by atomic mass is 35.5. The summed E-state index contributed by atoms with van der Waals surface area (Å²) >= 11 is 6.33. The van der Waals surface area contributed by atoms with E-state index in [4.69, 9.17) is 16.0 Å². The van der Waals surface area contributed by atoms with E-state index < -0.39 is 0 Å². The van der Waals surface area contributed by atoms with Gasteiger partial charge in [0.15, 0.2) is 5.58 Å². The van der Waals surface area contributed by atoms with Crippen molar-refractivity contribution >= 4 is 28.6 Å². The van der Waals surface area contributed by atoms with E-state index >= 15 is 0 Å². The number of nitrogens with zero attached hydrogens (tertiary/aromatic N) is 2. The predicted octanol–water partition coefficient (Wildman–Crippen LogP) is 4.57. The summed E-state index contributed by atoms with van der Waals surface area (Å²) in [5.41, 5.74) is 3.98. The van der Waals surface area contributed by atoms with Gasteiger partial charge >= 0.3 is 0 Å². The normalized spacial score (nSPS) is 11.0. The summed E-state index contributed by atoms with van der Waals surface area (Å²) in [5.74, 6) is 0.630. The molecule has 1 aromatic carbocycles. The van der Waals surface area contributed by atoms with E-state index in [1.165, 1.54) is 0 Å². The van der Waals surface area contributed by atoms with Gasteiger partial charge in [0.25, 0.3) is 5.91 Å². The van der Waals surface area contributed by atoms with E-state index in [-0.39, 0.29) is 5.91 Å². The van der Waals surface area contributed by atoms with Crippen molar-refractivity contribution in [1.29, 1.82) is 0 Å². The lowest BCUT2D eigenvalue weighted by Gasteiger charge is -2.12. The van der Waals surface area contributed by atoms with Gasteiger partial charge in [-0.25, -0.2) is 0 Å². The third-order valence-electron chi connectivity index (χ3n) is 4.41. The number of aromatic nitrogens is 2. The van der Waals surface area contributed by atoms with Crippen LogP contribution in [-0.2, 0) is 13.1 Å². The Kier molecular flexibility index (Phi) is 4.69. The van der Waals surface area contributed by atoms with Crippen LogP contribution in [0.15, 0.2) is 65.3 Å². The minimum absolute atomic E-state index is 0.171. The molecule has 1 N–H and O–H groups in total. The van der Waals surface area contributed by atoms with Gasteiger partial charge in [0.1, 0.15) is 11.5 Å². The summed E-state index contributed by atoms with van der Waals surface area (Å²) in [6, 6.07) is 15.1. The van der Waals surface area contributed by atoms with Crippen molar-refractivity contribution in [3.8, 4) is 0 Å². The molecule has 0 bridgehead atoms. The molecule has 4 aromatic rings. The number of pyridine rings is 1. The lowest BCUT2D eigenvalue weighted by atomic mass is 10.2. The third kappa shape index (κ3) is 3.59. The number of furan rings is 1. The first kappa shape index (κ1) is 17.4. The quantitative estimate of drug-likeness (QED) is 0.552. The van der Waals surface area contributed by atoms with Crippen LogP contribution in [0.3, 0.4) is 0 Å². The number of halogens is 1. The number of rotatable bonds is 5. The molecule has 5 nitrogen and oxygen atoms in total. The SMILES string of the molecule is Cc1cc2c(cc(C(=O)NCc3cccnc3)n2Cc2ccccc2Cl)o1. The standard InChI is InChI=1S/C21H18ClN3O2/c1-14-9-18-20(27-14)10-19(21(26)24-12-15-5-4-8-23-11-15)25(18)13-16-6-2-3-7-17(16)22/h2-11H,12-13H2,1H3,(H,24,26). The summed E-state index contributed by atoms with van der Waals surface area (Å²) in [6.07, 6.45) is 3.44. The molecule has 0 atom stereocenters. The fraction of sp³-hybridized carbons (Fsp3) is 0.143. The van der Waals surface area contributed by atoms with Gasteiger partial charge < -0.3 is 14.3 Å². The van der Waals surface area contributed by atoms with Gasteiger partial charge in [0.05, 0.1) is 5.52 Å². The maximum Gasteiger partial charge on any atom is 0.268 e.